The molecule has 3 atom stereocenters. The molecule has 0 aromatic carbocycles. The van der Waals surface area contributed by atoms with Crippen LogP contribution in [0.15, 0.2) is 15.8 Å². The highest BCUT2D eigenvalue weighted by Gasteiger charge is 2.36. The fourth-order valence-corrected chi connectivity index (χ4v) is 3.52. The maximum Gasteiger partial charge on any atom is 0.330 e. The summed E-state index contributed by atoms with van der Waals surface area (Å²) in [6, 6.07) is 0. The Balaban J connectivity index is 1.93. The van der Waals surface area contributed by atoms with E-state index in [1.807, 2.05) is 0 Å². The number of hydrogen-bond acceptors (Lipinski definition) is 11. The molecule has 5 N–H and O–H groups in total. The van der Waals surface area contributed by atoms with Gasteiger partial charge in [-0.1, -0.05) is 0 Å². The summed E-state index contributed by atoms with van der Waals surface area (Å²) < 4.78 is 11.8. The lowest BCUT2D eigenvalue weighted by molar-refractivity contribution is -0.153. The van der Waals surface area contributed by atoms with Crippen LogP contribution in [0.5, 0.6) is 0 Å². The molecule has 0 saturated carbocycles. The number of hydrogen-bond donors (Lipinski definition) is 5. The number of aryl methyl sites for hydroxylation is 1. The zero-order chi connectivity index (χ0) is 27.0. The normalized spacial score (nSPS) is 19.5. The highest BCUT2D eigenvalue weighted by molar-refractivity contribution is 5.74. The van der Waals surface area contributed by atoms with E-state index in [2.05, 4.69) is 4.98 Å². The smallest absolute Gasteiger partial charge is 0.330 e. The SMILES string of the molecule is Cc1cn([C@H]2C[C@H](O)[C@@H](COC(=O)CN(CCN(CC(=O)O)CC(=O)O)CC(=O)O)O2)c(=O)[nH]c1=O. The molecule has 2 heterocycles. The van der Waals surface area contributed by atoms with E-state index < -0.39 is 86.3 Å². The molecule has 1 fully saturated rings. The minimum absolute atomic E-state index is 0.0122. The lowest BCUT2D eigenvalue weighted by Crippen LogP contribution is -2.44. The largest absolute Gasteiger partial charge is 0.480 e. The van der Waals surface area contributed by atoms with Gasteiger partial charge in [-0.05, 0) is 6.92 Å². The van der Waals surface area contributed by atoms with Crippen molar-refractivity contribution in [2.75, 3.05) is 45.9 Å². The van der Waals surface area contributed by atoms with Crippen LogP contribution in [0.4, 0.5) is 0 Å². The number of nitrogens with zero attached hydrogens (tertiary/aromatic N) is 3. The lowest BCUT2D eigenvalue weighted by Gasteiger charge is -2.24. The number of ether oxygens (including phenoxy) is 2. The van der Waals surface area contributed by atoms with E-state index >= 15 is 0 Å². The van der Waals surface area contributed by atoms with Crippen LogP contribution in [-0.4, -0.2) is 122 Å². The van der Waals surface area contributed by atoms with Crippen LogP contribution in [-0.2, 0) is 28.7 Å². The molecule has 16 nitrogen and oxygen atoms in total. The van der Waals surface area contributed by atoms with E-state index in [1.54, 1.807) is 0 Å². The molecule has 0 radical (unpaired) electrons. The fraction of sp³-hybridized carbons (Fsp3) is 0.600. The number of aromatic amines is 1. The molecule has 36 heavy (non-hydrogen) atoms. The number of rotatable bonds is 14. The van der Waals surface area contributed by atoms with Crippen molar-refractivity contribution < 1.29 is 49.1 Å². The Morgan fingerprint density at radius 2 is 1.56 bits per heavy atom. The number of aromatic nitrogens is 2. The second-order valence-electron chi connectivity index (χ2n) is 8.20. The molecule has 0 bridgehead atoms. The third-order valence-electron chi connectivity index (χ3n) is 5.23. The van der Waals surface area contributed by atoms with Crippen LogP contribution in [0, 0.1) is 6.92 Å². The van der Waals surface area contributed by atoms with Crippen molar-refractivity contribution in [3.8, 4) is 0 Å². The molecule has 200 valence electrons. The van der Waals surface area contributed by atoms with Gasteiger partial charge < -0.3 is 29.9 Å². The van der Waals surface area contributed by atoms with Gasteiger partial charge in [0.2, 0.25) is 0 Å². The number of carbonyl (C=O) groups is 4. The maximum atomic E-state index is 12.3. The minimum atomic E-state index is -1.27. The van der Waals surface area contributed by atoms with Gasteiger partial charge in [-0.2, -0.15) is 0 Å². The summed E-state index contributed by atoms with van der Waals surface area (Å²) in [6.45, 7) is -1.47. The van der Waals surface area contributed by atoms with Crippen LogP contribution in [0.25, 0.3) is 0 Å². The van der Waals surface area contributed by atoms with E-state index in [9.17, 15) is 33.9 Å². The molecule has 0 unspecified atom stereocenters. The van der Waals surface area contributed by atoms with Gasteiger partial charge in [0.1, 0.15) is 18.9 Å². The molecular weight excluding hydrogens is 488 g/mol. The van der Waals surface area contributed by atoms with Gasteiger partial charge in [-0.15, -0.1) is 0 Å². The molecule has 0 aliphatic carbocycles. The van der Waals surface area contributed by atoms with Gasteiger partial charge in [0, 0.05) is 31.3 Å². The average Bonchev–Trinajstić information content (AvgIpc) is 3.12. The van der Waals surface area contributed by atoms with Crippen molar-refractivity contribution in [3.63, 3.8) is 0 Å². The second-order valence-corrected chi connectivity index (χ2v) is 8.20. The standard InChI is InChI=1S/C20H28N4O12/c1-11-5-24(20(34)21-19(11)33)14-4-12(25)13(36-14)10-35-18(32)9-23(8-17(30)31)3-2-22(6-15(26)27)7-16(28)29/h5,12-14,25H,2-4,6-10H2,1H3,(H,26,27)(H,28,29)(H,30,31)(H,21,33,34)/t12-,13+,14+/m0/s1. The summed E-state index contributed by atoms with van der Waals surface area (Å²) in [4.78, 5) is 73.2. The predicted molar refractivity (Wildman–Crippen MR) is 117 cm³/mol. The zero-order valence-electron chi connectivity index (χ0n) is 19.4. The molecule has 1 aliphatic heterocycles. The minimum Gasteiger partial charge on any atom is -0.480 e. The quantitative estimate of drug-likeness (QED) is 0.154. The third-order valence-corrected chi connectivity index (χ3v) is 5.23. The number of nitrogens with one attached hydrogen (secondary N) is 1. The summed E-state index contributed by atoms with van der Waals surface area (Å²) in [5, 5.41) is 37.1. The number of aliphatic carboxylic acids is 3. The molecule has 0 amide bonds. The highest BCUT2D eigenvalue weighted by Crippen LogP contribution is 2.27. The first-order valence-corrected chi connectivity index (χ1v) is 10.8. The predicted octanol–water partition coefficient (Wildman–Crippen LogP) is -3.11. The first-order valence-electron chi connectivity index (χ1n) is 10.8. The van der Waals surface area contributed by atoms with Crippen molar-refractivity contribution in [2.45, 2.75) is 31.8 Å². The van der Waals surface area contributed by atoms with Crippen molar-refractivity contribution in [1.82, 2.24) is 19.4 Å². The molecule has 1 aromatic rings. The summed E-state index contributed by atoms with van der Waals surface area (Å²) in [7, 11) is 0. The van der Waals surface area contributed by atoms with Crippen LogP contribution in [0.2, 0.25) is 0 Å². The number of aliphatic hydroxyl groups excluding tert-OH is 1. The first-order chi connectivity index (χ1) is 16.8. The molecule has 0 spiro atoms. The number of carbonyl (C=O) groups excluding carboxylic acids is 1. The van der Waals surface area contributed by atoms with Gasteiger partial charge in [0.25, 0.3) is 5.56 Å². The molecule has 1 aromatic heterocycles. The Morgan fingerprint density at radius 3 is 2.08 bits per heavy atom. The molecule has 1 saturated heterocycles. The summed E-state index contributed by atoms with van der Waals surface area (Å²) >= 11 is 0. The second kappa shape index (κ2) is 12.9. The third kappa shape index (κ3) is 8.88. The van der Waals surface area contributed by atoms with Crippen molar-refractivity contribution in [2.24, 2.45) is 0 Å². The van der Waals surface area contributed by atoms with Crippen LogP contribution in [0.3, 0.4) is 0 Å². The Kier molecular flexibility index (Phi) is 10.3. The van der Waals surface area contributed by atoms with Gasteiger partial charge >= 0.3 is 29.6 Å². The van der Waals surface area contributed by atoms with Gasteiger partial charge in [-0.25, -0.2) is 4.79 Å². The van der Waals surface area contributed by atoms with Crippen LogP contribution >= 0.6 is 0 Å². The zero-order valence-corrected chi connectivity index (χ0v) is 19.4. The summed E-state index contributed by atoms with van der Waals surface area (Å²) in [5.41, 5.74) is -1.03. The number of carboxylic acids is 3. The number of aliphatic hydroxyl groups is 1. The number of esters is 1. The first kappa shape index (κ1) is 28.6. The monoisotopic (exact) mass is 516 g/mol. The van der Waals surface area contributed by atoms with Gasteiger partial charge in [0.15, 0.2) is 0 Å². The molecular formula is C20H28N4O12. The van der Waals surface area contributed by atoms with Gasteiger partial charge in [-0.3, -0.25) is 43.3 Å². The molecule has 2 rings (SSSR count). The average molecular weight is 516 g/mol. The Labute approximate surface area is 203 Å². The Hall–Kier alpha value is -3.60. The Bertz CT molecular complexity index is 1070. The van der Waals surface area contributed by atoms with Crippen molar-refractivity contribution in [3.05, 3.63) is 32.6 Å². The van der Waals surface area contributed by atoms with E-state index in [1.165, 1.54) is 13.1 Å². The molecule has 16 heteroatoms. The van der Waals surface area contributed by atoms with Crippen LogP contribution < -0.4 is 11.2 Å². The van der Waals surface area contributed by atoms with E-state index in [4.69, 9.17) is 24.8 Å². The van der Waals surface area contributed by atoms with Crippen LogP contribution in [0.1, 0.15) is 18.2 Å². The highest BCUT2D eigenvalue weighted by atomic mass is 16.6. The Morgan fingerprint density at radius 1 is 1.03 bits per heavy atom. The number of H-pyrrole nitrogens is 1. The van der Waals surface area contributed by atoms with Gasteiger partial charge in [0.05, 0.1) is 32.3 Å². The molecule has 1 aliphatic rings. The summed E-state index contributed by atoms with van der Waals surface area (Å²) in [5.74, 6) is -4.68. The lowest BCUT2D eigenvalue weighted by atomic mass is 10.2. The fourth-order valence-electron chi connectivity index (χ4n) is 3.52. The van der Waals surface area contributed by atoms with E-state index in [-0.39, 0.29) is 25.1 Å². The van der Waals surface area contributed by atoms with Crippen molar-refractivity contribution in [1.29, 1.82) is 0 Å². The van der Waals surface area contributed by atoms with E-state index in [0.717, 1.165) is 14.4 Å². The summed E-state index contributed by atoms with van der Waals surface area (Å²) in [6.07, 6.45) is -1.73. The van der Waals surface area contributed by atoms with E-state index in [0.29, 0.717) is 0 Å². The topological polar surface area (TPSA) is 229 Å². The number of carboxylic acid groups (broad SMARTS) is 3. The van der Waals surface area contributed by atoms with Crippen molar-refractivity contribution >= 4 is 23.9 Å². The maximum absolute atomic E-state index is 12.3.